The van der Waals surface area contributed by atoms with Gasteiger partial charge in [-0.2, -0.15) is 0 Å². The van der Waals surface area contributed by atoms with Crippen LogP contribution >= 0.6 is 11.9 Å². The van der Waals surface area contributed by atoms with E-state index in [1.807, 2.05) is 42.1 Å². The van der Waals surface area contributed by atoms with Crippen LogP contribution < -0.4 is 5.32 Å². The summed E-state index contributed by atoms with van der Waals surface area (Å²) >= 11 is 1.31. The Balaban J connectivity index is 1.65. The fourth-order valence-corrected chi connectivity index (χ4v) is 3.32. The number of para-hydroxylation sites is 1. The van der Waals surface area contributed by atoms with Crippen molar-refractivity contribution in [1.82, 2.24) is 8.87 Å². The van der Waals surface area contributed by atoms with Gasteiger partial charge in [0.05, 0.1) is 0 Å². The number of amides is 2. The molecule has 1 heterocycles. The topological polar surface area (TPSA) is 37.3 Å². The van der Waals surface area contributed by atoms with Crippen LogP contribution in [0.4, 0.5) is 19.3 Å². The van der Waals surface area contributed by atoms with Crippen LogP contribution in [0.5, 0.6) is 0 Å². The third kappa shape index (κ3) is 3.93. The Morgan fingerprint density at radius 3 is 2.60 bits per heavy atom. The first-order chi connectivity index (χ1) is 11.9. The Kier molecular flexibility index (Phi) is 4.94. The summed E-state index contributed by atoms with van der Waals surface area (Å²) in [6, 6.07) is 10.5. The molecule has 130 valence electrons. The van der Waals surface area contributed by atoms with Gasteiger partial charge >= 0.3 is 6.03 Å². The second-order valence-corrected chi connectivity index (χ2v) is 6.74. The number of aryl methyl sites for hydroxylation is 1. The highest BCUT2D eigenvalue weighted by Crippen LogP contribution is 2.25. The Bertz CT molecular complexity index is 906. The maximum absolute atomic E-state index is 13.2. The smallest absolute Gasteiger partial charge is 0.331 e. The normalized spacial score (nSPS) is 10.9. The van der Waals surface area contributed by atoms with E-state index in [-0.39, 0.29) is 5.69 Å². The number of nitrogens with zero attached hydrogens (tertiary/aromatic N) is 2. The van der Waals surface area contributed by atoms with Gasteiger partial charge < -0.3 is 9.88 Å². The molecule has 1 N–H and O–H groups in total. The van der Waals surface area contributed by atoms with E-state index in [0.717, 1.165) is 34.7 Å². The molecule has 0 radical (unpaired) electrons. The van der Waals surface area contributed by atoms with E-state index in [2.05, 4.69) is 5.32 Å². The Morgan fingerprint density at radius 2 is 1.88 bits per heavy atom. The molecule has 7 heteroatoms. The first-order valence-electron chi connectivity index (χ1n) is 7.60. The molecule has 3 rings (SSSR count). The lowest BCUT2D eigenvalue weighted by atomic mass is 10.2. The van der Waals surface area contributed by atoms with Crippen LogP contribution in [0, 0.1) is 11.6 Å². The van der Waals surface area contributed by atoms with E-state index in [9.17, 15) is 13.6 Å². The predicted octanol–water partition coefficient (Wildman–Crippen LogP) is 4.77. The Labute approximate surface area is 148 Å². The molecular weight excluding hydrogens is 344 g/mol. The molecule has 1 aromatic heterocycles. The molecule has 0 aliphatic carbocycles. The number of rotatable bonds is 4. The number of carbonyl (C=O) groups is 1. The molecule has 2 aromatic carbocycles. The largest absolute Gasteiger partial charge is 0.350 e. The summed E-state index contributed by atoms with van der Waals surface area (Å²) in [5.41, 5.74) is 2.32. The minimum absolute atomic E-state index is 0.0834. The van der Waals surface area contributed by atoms with Gasteiger partial charge in [-0.05, 0) is 35.7 Å². The minimum atomic E-state index is -0.735. The molecule has 0 aliphatic heterocycles. The van der Waals surface area contributed by atoms with Crippen molar-refractivity contribution in [2.24, 2.45) is 7.05 Å². The van der Waals surface area contributed by atoms with Crippen LogP contribution in [0.25, 0.3) is 10.9 Å². The number of aromatic nitrogens is 1. The van der Waals surface area contributed by atoms with Gasteiger partial charge in [0.25, 0.3) is 0 Å². The molecule has 25 heavy (non-hydrogen) atoms. The summed E-state index contributed by atoms with van der Waals surface area (Å²) in [4.78, 5) is 12.2. The highest BCUT2D eigenvalue weighted by atomic mass is 32.2. The summed E-state index contributed by atoms with van der Waals surface area (Å²) in [7, 11) is 3.59. The van der Waals surface area contributed by atoms with Gasteiger partial charge in [0, 0.05) is 48.7 Å². The van der Waals surface area contributed by atoms with E-state index in [1.54, 1.807) is 7.05 Å². The Morgan fingerprint density at radius 1 is 1.20 bits per heavy atom. The van der Waals surface area contributed by atoms with E-state index >= 15 is 0 Å². The predicted molar refractivity (Wildman–Crippen MR) is 97.4 cm³/mol. The molecule has 3 aromatic rings. The number of halogens is 2. The molecule has 0 aliphatic rings. The number of hydrogen-bond donors (Lipinski definition) is 1. The van der Waals surface area contributed by atoms with Crippen molar-refractivity contribution >= 4 is 34.6 Å². The lowest BCUT2D eigenvalue weighted by molar-refractivity contribution is 0.243. The first-order valence-corrected chi connectivity index (χ1v) is 8.55. The van der Waals surface area contributed by atoms with Crippen molar-refractivity contribution in [3.05, 3.63) is 65.9 Å². The summed E-state index contributed by atoms with van der Waals surface area (Å²) in [5, 5.41) is 3.62. The third-order valence-corrected chi connectivity index (χ3v) is 4.79. The van der Waals surface area contributed by atoms with Gasteiger partial charge in [-0.25, -0.2) is 13.6 Å². The van der Waals surface area contributed by atoms with Crippen molar-refractivity contribution in [1.29, 1.82) is 0 Å². The number of hydrogen-bond acceptors (Lipinski definition) is 2. The summed E-state index contributed by atoms with van der Waals surface area (Å²) in [5.74, 6) is -0.870. The number of fused-ring (bicyclic) bond motifs is 1. The van der Waals surface area contributed by atoms with Crippen molar-refractivity contribution in [2.45, 2.75) is 5.75 Å². The summed E-state index contributed by atoms with van der Waals surface area (Å²) < 4.78 is 29.8. The fraction of sp³-hybridized carbons (Fsp3) is 0.167. The van der Waals surface area contributed by atoms with Crippen LogP contribution in [-0.4, -0.2) is 22.0 Å². The minimum Gasteiger partial charge on any atom is -0.350 e. The second kappa shape index (κ2) is 7.14. The van der Waals surface area contributed by atoms with Gasteiger partial charge in [-0.1, -0.05) is 18.2 Å². The van der Waals surface area contributed by atoms with Gasteiger partial charge in [0.1, 0.15) is 11.6 Å². The van der Waals surface area contributed by atoms with Gasteiger partial charge in [-0.3, -0.25) is 4.31 Å². The van der Waals surface area contributed by atoms with Crippen molar-refractivity contribution in [3.63, 3.8) is 0 Å². The molecule has 0 fully saturated rings. The zero-order valence-electron chi connectivity index (χ0n) is 13.8. The molecule has 0 spiro atoms. The van der Waals surface area contributed by atoms with E-state index < -0.39 is 17.7 Å². The molecule has 0 bridgehead atoms. The molecule has 0 atom stereocenters. The fourth-order valence-electron chi connectivity index (χ4n) is 2.59. The lowest BCUT2D eigenvalue weighted by Gasteiger charge is -2.16. The summed E-state index contributed by atoms with van der Waals surface area (Å²) in [6.45, 7) is 0. The summed E-state index contributed by atoms with van der Waals surface area (Å²) in [6.07, 6.45) is 2.03. The monoisotopic (exact) mass is 361 g/mol. The molecule has 0 unspecified atom stereocenters. The van der Waals surface area contributed by atoms with Gasteiger partial charge in [0.15, 0.2) is 0 Å². The average molecular weight is 361 g/mol. The molecule has 0 saturated carbocycles. The zero-order valence-corrected chi connectivity index (χ0v) is 14.6. The molecular formula is C18H17F2N3OS. The SMILES string of the molecule is CN(SCc1cn(C)c2ccccc12)C(=O)Nc1cc(F)cc(F)c1. The lowest BCUT2D eigenvalue weighted by Crippen LogP contribution is -2.25. The number of anilines is 1. The van der Waals surface area contributed by atoms with Gasteiger partial charge in [0.2, 0.25) is 0 Å². The van der Waals surface area contributed by atoms with E-state index in [1.165, 1.54) is 16.3 Å². The maximum atomic E-state index is 13.2. The quantitative estimate of drug-likeness (QED) is 0.680. The Hall–Kier alpha value is -2.54. The number of carbonyl (C=O) groups excluding carboxylic acids is 1. The standard InChI is InChI=1S/C18H17F2N3OS/c1-22-10-12(16-5-3-4-6-17(16)22)11-25-23(2)18(24)21-15-8-13(19)7-14(20)9-15/h3-10H,11H2,1-2H3,(H,21,24). The van der Waals surface area contributed by atoms with Gasteiger partial charge in [-0.15, -0.1) is 0 Å². The maximum Gasteiger partial charge on any atom is 0.331 e. The number of benzene rings is 2. The van der Waals surface area contributed by atoms with Crippen LogP contribution in [0.3, 0.4) is 0 Å². The highest BCUT2D eigenvalue weighted by molar-refractivity contribution is 7.96. The van der Waals surface area contributed by atoms with Crippen LogP contribution in [-0.2, 0) is 12.8 Å². The molecule has 0 saturated heterocycles. The average Bonchev–Trinajstić information content (AvgIpc) is 2.88. The van der Waals surface area contributed by atoms with Crippen molar-refractivity contribution in [3.8, 4) is 0 Å². The zero-order chi connectivity index (χ0) is 18.0. The third-order valence-electron chi connectivity index (χ3n) is 3.79. The van der Waals surface area contributed by atoms with E-state index in [0.29, 0.717) is 5.75 Å². The molecule has 4 nitrogen and oxygen atoms in total. The number of urea groups is 1. The number of nitrogens with one attached hydrogen (secondary N) is 1. The first kappa shape index (κ1) is 17.3. The van der Waals surface area contributed by atoms with Crippen molar-refractivity contribution in [2.75, 3.05) is 12.4 Å². The molecule has 2 amide bonds. The van der Waals surface area contributed by atoms with E-state index in [4.69, 9.17) is 0 Å². The van der Waals surface area contributed by atoms with Crippen LogP contribution in [0.15, 0.2) is 48.7 Å². The van der Waals surface area contributed by atoms with Crippen LogP contribution in [0.2, 0.25) is 0 Å². The second-order valence-electron chi connectivity index (χ2n) is 5.64. The van der Waals surface area contributed by atoms with Crippen molar-refractivity contribution < 1.29 is 13.6 Å². The van der Waals surface area contributed by atoms with Crippen LogP contribution in [0.1, 0.15) is 5.56 Å². The highest BCUT2D eigenvalue weighted by Gasteiger charge is 2.13.